The van der Waals surface area contributed by atoms with Gasteiger partial charge in [0.1, 0.15) is 0 Å². The Morgan fingerprint density at radius 2 is 2.12 bits per heavy atom. The highest BCUT2D eigenvalue weighted by Crippen LogP contribution is 2.29. The highest BCUT2D eigenvalue weighted by Gasteiger charge is 2.37. The molecule has 2 aliphatic rings. The zero-order valence-electron chi connectivity index (χ0n) is 10.4. The van der Waals surface area contributed by atoms with Crippen molar-refractivity contribution in [2.45, 2.75) is 48.9 Å². The summed E-state index contributed by atoms with van der Waals surface area (Å²) in [7, 11) is 0. The van der Waals surface area contributed by atoms with E-state index in [9.17, 15) is 4.79 Å². The first kappa shape index (κ1) is 13.2. The number of thioether (sulfide) groups is 1. The monoisotopic (exact) mass is 258 g/mol. The zero-order chi connectivity index (χ0) is 12.3. The number of amides is 1. The van der Waals surface area contributed by atoms with Gasteiger partial charge in [0.2, 0.25) is 5.91 Å². The van der Waals surface area contributed by atoms with E-state index in [1.807, 2.05) is 11.8 Å². The van der Waals surface area contributed by atoms with Crippen molar-refractivity contribution >= 4 is 17.7 Å². The number of nitrogens with one attached hydrogen (secondary N) is 1. The standard InChI is InChI=1S/C12H22N2O2S/c1-17-10-3-2-9(8-10)14-11(15)12(13)4-6-16-7-5-12/h9-10H,2-8,13H2,1H3,(H,14,15). The van der Waals surface area contributed by atoms with E-state index < -0.39 is 5.54 Å². The average Bonchev–Trinajstić information content (AvgIpc) is 2.78. The molecule has 17 heavy (non-hydrogen) atoms. The number of hydrogen-bond acceptors (Lipinski definition) is 4. The number of ether oxygens (including phenoxy) is 1. The smallest absolute Gasteiger partial charge is 0.240 e. The molecule has 1 saturated heterocycles. The summed E-state index contributed by atoms with van der Waals surface area (Å²) >= 11 is 1.90. The maximum atomic E-state index is 12.2. The Balaban J connectivity index is 1.84. The van der Waals surface area contributed by atoms with Gasteiger partial charge in [0, 0.05) is 24.5 Å². The van der Waals surface area contributed by atoms with Crippen molar-refractivity contribution in [1.29, 1.82) is 0 Å². The summed E-state index contributed by atoms with van der Waals surface area (Å²) in [5.41, 5.74) is 5.45. The van der Waals surface area contributed by atoms with Crippen LogP contribution < -0.4 is 11.1 Å². The van der Waals surface area contributed by atoms with Gasteiger partial charge in [0.05, 0.1) is 5.54 Å². The average molecular weight is 258 g/mol. The van der Waals surface area contributed by atoms with Crippen molar-refractivity contribution < 1.29 is 9.53 Å². The highest BCUT2D eigenvalue weighted by atomic mass is 32.2. The minimum Gasteiger partial charge on any atom is -0.381 e. The van der Waals surface area contributed by atoms with Gasteiger partial charge in [-0.15, -0.1) is 0 Å². The summed E-state index contributed by atoms with van der Waals surface area (Å²) < 4.78 is 5.26. The molecule has 2 rings (SSSR count). The Morgan fingerprint density at radius 3 is 2.71 bits per heavy atom. The summed E-state index contributed by atoms with van der Waals surface area (Å²) in [5.74, 6) is 0.0209. The minimum absolute atomic E-state index is 0.0209. The lowest BCUT2D eigenvalue weighted by Crippen LogP contribution is -2.58. The Morgan fingerprint density at radius 1 is 1.41 bits per heavy atom. The van der Waals surface area contributed by atoms with E-state index in [0.29, 0.717) is 37.3 Å². The molecule has 2 fully saturated rings. The molecule has 5 heteroatoms. The lowest BCUT2D eigenvalue weighted by Gasteiger charge is -2.32. The van der Waals surface area contributed by atoms with E-state index in [2.05, 4.69) is 11.6 Å². The summed E-state index contributed by atoms with van der Waals surface area (Å²) in [4.78, 5) is 12.2. The molecule has 2 unspecified atom stereocenters. The number of carbonyl (C=O) groups excluding carboxylic acids is 1. The third-order valence-corrected chi connectivity index (χ3v) is 4.99. The number of nitrogens with two attached hydrogens (primary N) is 1. The minimum atomic E-state index is -0.699. The van der Waals surface area contributed by atoms with Crippen molar-refractivity contribution in [1.82, 2.24) is 5.32 Å². The second-order valence-corrected chi connectivity index (χ2v) is 6.25. The molecule has 98 valence electrons. The zero-order valence-corrected chi connectivity index (χ0v) is 11.2. The van der Waals surface area contributed by atoms with Crippen LogP contribution in [0.4, 0.5) is 0 Å². The molecule has 1 heterocycles. The van der Waals surface area contributed by atoms with Crippen LogP contribution in [0.5, 0.6) is 0 Å². The van der Waals surface area contributed by atoms with Gasteiger partial charge < -0.3 is 15.8 Å². The highest BCUT2D eigenvalue weighted by molar-refractivity contribution is 7.99. The molecule has 1 aliphatic heterocycles. The molecular formula is C12H22N2O2S. The Bertz CT molecular complexity index is 280. The second-order valence-electron chi connectivity index (χ2n) is 5.11. The molecule has 0 radical (unpaired) electrons. The Hall–Kier alpha value is -0.260. The molecule has 3 N–H and O–H groups in total. The van der Waals surface area contributed by atoms with Crippen LogP contribution in [0, 0.1) is 0 Å². The predicted molar refractivity (Wildman–Crippen MR) is 70.1 cm³/mol. The van der Waals surface area contributed by atoms with Gasteiger partial charge >= 0.3 is 0 Å². The van der Waals surface area contributed by atoms with Crippen molar-refractivity contribution in [2.75, 3.05) is 19.5 Å². The summed E-state index contributed by atoms with van der Waals surface area (Å²) in [6.07, 6.45) is 6.78. The summed E-state index contributed by atoms with van der Waals surface area (Å²) in [6.45, 7) is 1.20. The first-order chi connectivity index (χ1) is 8.14. The van der Waals surface area contributed by atoms with Crippen molar-refractivity contribution in [3.8, 4) is 0 Å². The van der Waals surface area contributed by atoms with Gasteiger partial charge in [-0.05, 0) is 38.4 Å². The van der Waals surface area contributed by atoms with Crippen LogP contribution in [0.3, 0.4) is 0 Å². The largest absolute Gasteiger partial charge is 0.381 e. The third-order valence-electron chi connectivity index (χ3n) is 3.89. The van der Waals surface area contributed by atoms with Crippen molar-refractivity contribution in [3.63, 3.8) is 0 Å². The SMILES string of the molecule is CSC1CCC(NC(=O)C2(N)CCOCC2)C1. The normalized spacial score (nSPS) is 32.4. The molecule has 0 aromatic rings. The van der Waals surface area contributed by atoms with Crippen LogP contribution in [0.25, 0.3) is 0 Å². The molecular weight excluding hydrogens is 236 g/mol. The Labute approximate surface area is 107 Å². The van der Waals surface area contributed by atoms with Crippen LogP contribution in [0.15, 0.2) is 0 Å². The van der Waals surface area contributed by atoms with Crippen LogP contribution in [0.2, 0.25) is 0 Å². The topological polar surface area (TPSA) is 64.4 Å². The lowest BCUT2D eigenvalue weighted by atomic mass is 9.90. The molecule has 0 spiro atoms. The van der Waals surface area contributed by atoms with E-state index in [4.69, 9.17) is 10.5 Å². The molecule has 2 atom stereocenters. The Kier molecular flexibility index (Phi) is 4.33. The second kappa shape index (κ2) is 5.59. The molecule has 4 nitrogen and oxygen atoms in total. The molecule has 0 bridgehead atoms. The maximum Gasteiger partial charge on any atom is 0.240 e. The van der Waals surface area contributed by atoms with Crippen LogP contribution >= 0.6 is 11.8 Å². The quantitative estimate of drug-likeness (QED) is 0.789. The van der Waals surface area contributed by atoms with Crippen molar-refractivity contribution in [2.24, 2.45) is 5.73 Å². The first-order valence-corrected chi connectivity index (χ1v) is 7.63. The summed E-state index contributed by atoms with van der Waals surface area (Å²) in [5, 5.41) is 3.82. The fourth-order valence-corrected chi connectivity index (χ4v) is 3.37. The van der Waals surface area contributed by atoms with Crippen molar-refractivity contribution in [3.05, 3.63) is 0 Å². The van der Waals surface area contributed by atoms with Gasteiger partial charge in [-0.3, -0.25) is 4.79 Å². The number of carbonyl (C=O) groups is 1. The van der Waals surface area contributed by atoms with E-state index in [1.54, 1.807) is 0 Å². The van der Waals surface area contributed by atoms with Gasteiger partial charge in [0.25, 0.3) is 0 Å². The van der Waals surface area contributed by atoms with Gasteiger partial charge in [-0.25, -0.2) is 0 Å². The maximum absolute atomic E-state index is 12.2. The number of rotatable bonds is 3. The lowest BCUT2D eigenvalue weighted by molar-refractivity contribution is -0.130. The van der Waals surface area contributed by atoms with Gasteiger partial charge in [-0.2, -0.15) is 11.8 Å². The van der Waals surface area contributed by atoms with Crippen LogP contribution in [-0.2, 0) is 9.53 Å². The molecule has 1 saturated carbocycles. The fourth-order valence-electron chi connectivity index (χ4n) is 2.58. The van der Waals surface area contributed by atoms with Crippen LogP contribution in [-0.4, -0.2) is 42.2 Å². The van der Waals surface area contributed by atoms with E-state index >= 15 is 0 Å². The third kappa shape index (κ3) is 3.14. The number of hydrogen-bond donors (Lipinski definition) is 2. The molecule has 0 aromatic carbocycles. The fraction of sp³-hybridized carbons (Fsp3) is 0.917. The van der Waals surface area contributed by atoms with Gasteiger partial charge in [-0.1, -0.05) is 0 Å². The molecule has 1 amide bonds. The molecule has 0 aromatic heterocycles. The van der Waals surface area contributed by atoms with E-state index in [-0.39, 0.29) is 5.91 Å². The van der Waals surface area contributed by atoms with Gasteiger partial charge in [0.15, 0.2) is 0 Å². The predicted octanol–water partition coefficient (Wildman–Crippen LogP) is 0.895. The van der Waals surface area contributed by atoms with E-state index in [1.165, 1.54) is 6.42 Å². The summed E-state index contributed by atoms with van der Waals surface area (Å²) in [6, 6.07) is 0.322. The van der Waals surface area contributed by atoms with E-state index in [0.717, 1.165) is 12.8 Å². The first-order valence-electron chi connectivity index (χ1n) is 6.34. The van der Waals surface area contributed by atoms with Crippen LogP contribution in [0.1, 0.15) is 32.1 Å². The molecule has 1 aliphatic carbocycles.